The van der Waals surface area contributed by atoms with Crippen LogP contribution in [0.2, 0.25) is 5.02 Å². The molecule has 0 bridgehead atoms. The summed E-state index contributed by atoms with van der Waals surface area (Å²) in [6.45, 7) is 11.3. The van der Waals surface area contributed by atoms with E-state index in [1.54, 1.807) is 23.6 Å². The fraction of sp³-hybridized carbons (Fsp3) is 0.632. The third-order valence-corrected chi connectivity index (χ3v) is 5.67. The lowest BCUT2D eigenvalue weighted by atomic mass is 10.0. The molecule has 0 saturated carbocycles. The number of pyridine rings is 1. The fourth-order valence-electron chi connectivity index (χ4n) is 3.96. The molecule has 0 radical (unpaired) electrons. The summed E-state index contributed by atoms with van der Waals surface area (Å²) < 4.78 is 5.44. The predicted octanol–water partition coefficient (Wildman–Crippen LogP) is 2.58. The van der Waals surface area contributed by atoms with Crippen molar-refractivity contribution in [3.05, 3.63) is 32.2 Å². The molecule has 1 aromatic heterocycles. The minimum absolute atomic E-state index is 0.0550. The van der Waals surface area contributed by atoms with E-state index < -0.39 is 5.60 Å². The van der Waals surface area contributed by atoms with Gasteiger partial charge in [0.25, 0.3) is 11.5 Å². The normalized spacial score (nSPS) is 22.1. The number of halogens is 1. The topological polar surface area (TPSA) is 82.7 Å². The number of aryl methyl sites for hydroxylation is 1. The molecule has 2 amide bonds. The van der Waals surface area contributed by atoms with E-state index in [0.717, 1.165) is 0 Å². The van der Waals surface area contributed by atoms with Crippen molar-refractivity contribution in [2.75, 3.05) is 26.2 Å². The number of rotatable bonds is 1. The van der Waals surface area contributed by atoms with Crippen molar-refractivity contribution in [3.8, 4) is 0 Å². The Morgan fingerprint density at radius 1 is 1.07 bits per heavy atom. The van der Waals surface area contributed by atoms with E-state index in [2.05, 4.69) is 4.98 Å². The molecule has 2 fully saturated rings. The van der Waals surface area contributed by atoms with Gasteiger partial charge in [-0.1, -0.05) is 11.6 Å². The zero-order chi connectivity index (χ0) is 20.1. The molecule has 148 valence electrons. The van der Waals surface area contributed by atoms with Gasteiger partial charge in [-0.15, -0.1) is 0 Å². The second kappa shape index (κ2) is 6.86. The molecule has 2 atom stereocenters. The summed E-state index contributed by atoms with van der Waals surface area (Å²) in [5.41, 5.74) is 0.600. The van der Waals surface area contributed by atoms with Crippen LogP contribution in [0.25, 0.3) is 0 Å². The first-order valence-electron chi connectivity index (χ1n) is 9.14. The molecular weight excluding hydrogens is 370 g/mol. The molecule has 0 aromatic carbocycles. The Morgan fingerprint density at radius 3 is 2.11 bits per heavy atom. The van der Waals surface area contributed by atoms with Gasteiger partial charge < -0.3 is 19.5 Å². The minimum atomic E-state index is -0.519. The molecule has 27 heavy (non-hydrogen) atoms. The number of carbonyl (C=O) groups is 2. The van der Waals surface area contributed by atoms with Crippen molar-refractivity contribution in [1.82, 2.24) is 14.8 Å². The van der Waals surface area contributed by atoms with Gasteiger partial charge in [0.05, 0.1) is 5.56 Å². The maximum absolute atomic E-state index is 13.0. The van der Waals surface area contributed by atoms with Gasteiger partial charge in [-0.25, -0.2) is 4.79 Å². The zero-order valence-corrected chi connectivity index (χ0v) is 17.1. The Bertz CT molecular complexity index is 829. The van der Waals surface area contributed by atoms with E-state index in [1.807, 2.05) is 20.8 Å². The van der Waals surface area contributed by atoms with Crippen molar-refractivity contribution in [2.24, 2.45) is 11.8 Å². The summed E-state index contributed by atoms with van der Waals surface area (Å²) in [5.74, 6) is 0.349. The van der Waals surface area contributed by atoms with Gasteiger partial charge in [0.1, 0.15) is 10.6 Å². The number of fused-ring (bicyclic) bond motifs is 1. The zero-order valence-electron chi connectivity index (χ0n) is 16.4. The lowest BCUT2D eigenvalue weighted by Crippen LogP contribution is -2.39. The Kier molecular flexibility index (Phi) is 5.01. The molecule has 3 rings (SSSR count). The number of hydrogen-bond acceptors (Lipinski definition) is 4. The van der Waals surface area contributed by atoms with Crippen LogP contribution in [0.5, 0.6) is 0 Å². The highest BCUT2D eigenvalue weighted by atomic mass is 35.5. The number of ether oxygens (including phenoxy) is 1. The quantitative estimate of drug-likeness (QED) is 0.792. The fourth-order valence-corrected chi connectivity index (χ4v) is 4.10. The smallest absolute Gasteiger partial charge is 0.410 e. The highest BCUT2D eigenvalue weighted by Crippen LogP contribution is 2.33. The van der Waals surface area contributed by atoms with E-state index in [0.29, 0.717) is 43.0 Å². The Morgan fingerprint density at radius 2 is 1.59 bits per heavy atom. The second-order valence-corrected chi connectivity index (χ2v) is 8.89. The maximum atomic E-state index is 13.0. The predicted molar refractivity (Wildman–Crippen MR) is 102 cm³/mol. The van der Waals surface area contributed by atoms with E-state index in [-0.39, 0.29) is 34.4 Å². The Hall–Kier alpha value is -2.02. The molecule has 0 spiro atoms. The number of hydrogen-bond donors (Lipinski definition) is 1. The molecule has 8 heteroatoms. The van der Waals surface area contributed by atoms with Crippen LogP contribution >= 0.6 is 11.6 Å². The number of aromatic nitrogens is 1. The van der Waals surface area contributed by atoms with Gasteiger partial charge in [-0.3, -0.25) is 9.59 Å². The van der Waals surface area contributed by atoms with E-state index in [9.17, 15) is 14.4 Å². The van der Waals surface area contributed by atoms with Crippen LogP contribution < -0.4 is 5.56 Å². The number of aromatic amines is 1. The lowest BCUT2D eigenvalue weighted by molar-refractivity contribution is 0.0275. The molecule has 2 unspecified atom stereocenters. The third kappa shape index (κ3) is 3.83. The Balaban J connectivity index is 1.69. The van der Waals surface area contributed by atoms with Crippen LogP contribution in [0.3, 0.4) is 0 Å². The van der Waals surface area contributed by atoms with Crippen molar-refractivity contribution < 1.29 is 14.3 Å². The minimum Gasteiger partial charge on any atom is -0.444 e. The first kappa shape index (κ1) is 19.7. The van der Waals surface area contributed by atoms with Crippen LogP contribution in [-0.2, 0) is 4.74 Å². The van der Waals surface area contributed by atoms with Crippen LogP contribution in [0.1, 0.15) is 42.4 Å². The molecule has 2 aliphatic heterocycles. The summed E-state index contributed by atoms with van der Waals surface area (Å²) in [6, 6.07) is 0. The largest absolute Gasteiger partial charge is 0.444 e. The molecule has 1 N–H and O–H groups in total. The highest BCUT2D eigenvalue weighted by Gasteiger charge is 2.44. The number of amides is 2. The van der Waals surface area contributed by atoms with E-state index in [1.165, 1.54) is 0 Å². The molecule has 2 aliphatic rings. The van der Waals surface area contributed by atoms with Crippen molar-refractivity contribution >= 4 is 23.6 Å². The van der Waals surface area contributed by atoms with Crippen molar-refractivity contribution in [2.45, 2.75) is 40.2 Å². The van der Waals surface area contributed by atoms with Gasteiger partial charge in [0, 0.05) is 43.7 Å². The third-order valence-electron chi connectivity index (χ3n) is 5.22. The van der Waals surface area contributed by atoms with Crippen LogP contribution in [0, 0.1) is 25.7 Å². The summed E-state index contributed by atoms with van der Waals surface area (Å²) in [7, 11) is 0. The molecule has 7 nitrogen and oxygen atoms in total. The van der Waals surface area contributed by atoms with Gasteiger partial charge in [-0.2, -0.15) is 0 Å². The van der Waals surface area contributed by atoms with Gasteiger partial charge in [-0.05, 0) is 40.2 Å². The molecule has 1 aromatic rings. The Labute approximate surface area is 163 Å². The summed E-state index contributed by atoms with van der Waals surface area (Å²) in [6.07, 6.45) is -0.297. The number of nitrogens with one attached hydrogen (secondary N) is 1. The maximum Gasteiger partial charge on any atom is 0.410 e. The summed E-state index contributed by atoms with van der Waals surface area (Å²) in [4.78, 5) is 43.2. The molecule has 0 aliphatic carbocycles. The second-order valence-electron chi connectivity index (χ2n) is 8.51. The number of H-pyrrole nitrogens is 1. The number of nitrogens with zero attached hydrogens (tertiary/aromatic N) is 2. The standard InChI is InChI=1S/C19H26ClN3O4/c1-10-14(11(2)21-16(24)15(10)20)17(25)22-6-12-8-23(9-13(12)7-22)18(26)27-19(3,4)5/h12-13H,6-9H2,1-5H3,(H,21,24). The molecule has 2 saturated heterocycles. The van der Waals surface area contributed by atoms with E-state index in [4.69, 9.17) is 16.3 Å². The van der Waals surface area contributed by atoms with Gasteiger partial charge in [0.15, 0.2) is 0 Å². The molecule has 3 heterocycles. The van der Waals surface area contributed by atoms with Crippen LogP contribution in [0.4, 0.5) is 4.79 Å². The van der Waals surface area contributed by atoms with Crippen LogP contribution in [-0.4, -0.2) is 58.6 Å². The first-order valence-corrected chi connectivity index (χ1v) is 9.52. The average molecular weight is 396 g/mol. The van der Waals surface area contributed by atoms with Crippen molar-refractivity contribution in [1.29, 1.82) is 0 Å². The number of likely N-dealkylation sites (tertiary alicyclic amines) is 2. The van der Waals surface area contributed by atoms with Crippen molar-refractivity contribution in [3.63, 3.8) is 0 Å². The highest BCUT2D eigenvalue weighted by molar-refractivity contribution is 6.31. The first-order chi connectivity index (χ1) is 12.5. The number of carbonyl (C=O) groups excluding carboxylic acids is 2. The lowest BCUT2D eigenvalue weighted by Gasteiger charge is -2.26. The SMILES string of the molecule is Cc1[nH]c(=O)c(Cl)c(C)c1C(=O)N1CC2CN(C(=O)OC(C)(C)C)CC2C1. The molecular formula is C19H26ClN3O4. The summed E-state index contributed by atoms with van der Waals surface area (Å²) in [5, 5.41) is 0.0550. The summed E-state index contributed by atoms with van der Waals surface area (Å²) >= 11 is 6.04. The van der Waals surface area contributed by atoms with E-state index >= 15 is 0 Å². The van der Waals surface area contributed by atoms with Gasteiger partial charge >= 0.3 is 6.09 Å². The average Bonchev–Trinajstić information content (AvgIpc) is 3.09. The van der Waals surface area contributed by atoms with Crippen LogP contribution in [0.15, 0.2) is 4.79 Å². The van der Waals surface area contributed by atoms with Gasteiger partial charge in [0.2, 0.25) is 0 Å². The monoisotopic (exact) mass is 395 g/mol.